The number of benzene rings is 1. The molecule has 0 saturated carbocycles. The van der Waals surface area contributed by atoms with Crippen molar-refractivity contribution in [1.29, 1.82) is 5.26 Å². The number of hydrogen-bond acceptors (Lipinski definition) is 2. The van der Waals surface area contributed by atoms with E-state index in [1.54, 1.807) is 12.1 Å². The molecule has 1 aromatic rings. The highest BCUT2D eigenvalue weighted by molar-refractivity contribution is 9.10. The Balaban J connectivity index is 2.83. The van der Waals surface area contributed by atoms with Crippen LogP contribution in [-0.4, -0.2) is 10.6 Å². The summed E-state index contributed by atoms with van der Waals surface area (Å²) in [7, 11) is 0. The standard InChI is InChI=1S/C15H17BrFNO/c1-3-15(4-2,10-18)14(19)13(16)9-11-5-7-12(17)8-6-11/h5-8,13H,3-4,9H2,1-2H3. The number of halogens is 2. The van der Waals surface area contributed by atoms with Crippen molar-refractivity contribution >= 4 is 21.7 Å². The highest BCUT2D eigenvalue weighted by Gasteiger charge is 2.38. The highest BCUT2D eigenvalue weighted by Crippen LogP contribution is 2.31. The van der Waals surface area contributed by atoms with Gasteiger partial charge in [0.15, 0.2) is 5.78 Å². The Hall–Kier alpha value is -1.21. The molecule has 0 saturated heterocycles. The van der Waals surface area contributed by atoms with Gasteiger partial charge in [0.05, 0.1) is 10.9 Å². The molecular weight excluding hydrogens is 309 g/mol. The first kappa shape index (κ1) is 15.8. The Morgan fingerprint density at radius 2 is 1.89 bits per heavy atom. The molecule has 0 aromatic heterocycles. The van der Waals surface area contributed by atoms with E-state index in [0.29, 0.717) is 19.3 Å². The van der Waals surface area contributed by atoms with E-state index >= 15 is 0 Å². The van der Waals surface area contributed by atoms with Gasteiger partial charge < -0.3 is 0 Å². The van der Waals surface area contributed by atoms with Crippen molar-refractivity contribution in [1.82, 2.24) is 0 Å². The normalized spacial score (nSPS) is 12.8. The summed E-state index contributed by atoms with van der Waals surface area (Å²) in [5.41, 5.74) is -0.0514. The third-order valence-electron chi connectivity index (χ3n) is 3.51. The third-order valence-corrected chi connectivity index (χ3v) is 4.25. The maximum atomic E-state index is 12.8. The number of nitriles is 1. The van der Waals surface area contributed by atoms with E-state index in [-0.39, 0.29) is 11.6 Å². The van der Waals surface area contributed by atoms with Gasteiger partial charge in [0.25, 0.3) is 0 Å². The second-order valence-electron chi connectivity index (χ2n) is 4.56. The number of carbonyl (C=O) groups is 1. The monoisotopic (exact) mass is 325 g/mol. The lowest BCUT2D eigenvalue weighted by atomic mass is 9.78. The maximum Gasteiger partial charge on any atom is 0.166 e. The molecular formula is C15H17BrFNO. The molecule has 1 unspecified atom stereocenters. The minimum Gasteiger partial charge on any atom is -0.297 e. The summed E-state index contributed by atoms with van der Waals surface area (Å²) in [5, 5.41) is 9.26. The van der Waals surface area contributed by atoms with Crippen LogP contribution in [0.4, 0.5) is 4.39 Å². The molecule has 0 N–H and O–H groups in total. The van der Waals surface area contributed by atoms with E-state index in [1.807, 2.05) is 13.8 Å². The van der Waals surface area contributed by atoms with Gasteiger partial charge in [-0.2, -0.15) is 5.26 Å². The van der Waals surface area contributed by atoms with Crippen LogP contribution in [0.3, 0.4) is 0 Å². The Labute approximate surface area is 121 Å². The number of carbonyl (C=O) groups excluding carboxylic acids is 1. The number of rotatable bonds is 6. The van der Waals surface area contributed by atoms with Crippen LogP contribution in [0.15, 0.2) is 24.3 Å². The first-order valence-corrected chi connectivity index (χ1v) is 7.24. The first-order valence-electron chi connectivity index (χ1n) is 6.33. The van der Waals surface area contributed by atoms with Crippen molar-refractivity contribution in [3.63, 3.8) is 0 Å². The largest absolute Gasteiger partial charge is 0.297 e. The van der Waals surface area contributed by atoms with Gasteiger partial charge in [0, 0.05) is 0 Å². The zero-order valence-electron chi connectivity index (χ0n) is 11.1. The summed E-state index contributed by atoms with van der Waals surface area (Å²) in [6.45, 7) is 3.70. The predicted molar refractivity (Wildman–Crippen MR) is 76.5 cm³/mol. The van der Waals surface area contributed by atoms with E-state index in [0.717, 1.165) is 5.56 Å². The second kappa shape index (κ2) is 6.81. The van der Waals surface area contributed by atoms with E-state index in [4.69, 9.17) is 0 Å². The van der Waals surface area contributed by atoms with Crippen LogP contribution in [0.2, 0.25) is 0 Å². The minimum atomic E-state index is -0.922. The Bertz CT molecular complexity index is 474. The lowest BCUT2D eigenvalue weighted by molar-refractivity contribution is -0.125. The number of alkyl halides is 1. The summed E-state index contributed by atoms with van der Waals surface area (Å²) in [4.78, 5) is 12.0. The fourth-order valence-electron chi connectivity index (χ4n) is 2.03. The van der Waals surface area contributed by atoms with Gasteiger partial charge in [0.1, 0.15) is 11.2 Å². The third kappa shape index (κ3) is 3.63. The van der Waals surface area contributed by atoms with Crippen LogP contribution in [0, 0.1) is 22.6 Å². The predicted octanol–water partition coefficient (Wildman–Crippen LogP) is 4.03. The maximum absolute atomic E-state index is 12.8. The van der Waals surface area contributed by atoms with Crippen molar-refractivity contribution in [2.75, 3.05) is 0 Å². The number of nitrogens with zero attached hydrogens (tertiary/aromatic N) is 1. The van der Waals surface area contributed by atoms with Gasteiger partial charge in [-0.1, -0.05) is 41.9 Å². The van der Waals surface area contributed by atoms with Crippen LogP contribution in [0.5, 0.6) is 0 Å². The Kier molecular flexibility index (Phi) is 5.68. The summed E-state index contributed by atoms with van der Waals surface area (Å²) < 4.78 is 12.8. The number of ketones is 1. The van der Waals surface area contributed by atoms with E-state index in [2.05, 4.69) is 22.0 Å². The summed E-state index contributed by atoms with van der Waals surface area (Å²) in [5.74, 6) is -0.390. The Morgan fingerprint density at radius 1 is 1.37 bits per heavy atom. The highest BCUT2D eigenvalue weighted by atomic mass is 79.9. The van der Waals surface area contributed by atoms with Crippen molar-refractivity contribution in [3.8, 4) is 6.07 Å². The summed E-state index contributed by atoms with van der Waals surface area (Å²) >= 11 is 3.36. The van der Waals surface area contributed by atoms with Gasteiger partial charge in [-0.15, -0.1) is 0 Å². The van der Waals surface area contributed by atoms with Crippen molar-refractivity contribution in [2.24, 2.45) is 5.41 Å². The molecule has 1 aromatic carbocycles. The summed E-state index contributed by atoms with van der Waals surface area (Å²) in [6, 6.07) is 8.21. The molecule has 0 fully saturated rings. The van der Waals surface area contributed by atoms with Crippen LogP contribution in [-0.2, 0) is 11.2 Å². The van der Waals surface area contributed by atoms with Crippen LogP contribution < -0.4 is 0 Å². The molecule has 0 heterocycles. The topological polar surface area (TPSA) is 40.9 Å². The van der Waals surface area contributed by atoms with Crippen LogP contribution in [0.25, 0.3) is 0 Å². The van der Waals surface area contributed by atoms with Crippen molar-refractivity contribution in [3.05, 3.63) is 35.6 Å². The van der Waals surface area contributed by atoms with Gasteiger partial charge in [-0.05, 0) is 37.0 Å². The molecule has 0 aliphatic carbocycles. The fraction of sp³-hybridized carbons (Fsp3) is 0.467. The van der Waals surface area contributed by atoms with Gasteiger partial charge in [-0.3, -0.25) is 4.79 Å². The molecule has 0 aliphatic heterocycles. The smallest absolute Gasteiger partial charge is 0.166 e. The quantitative estimate of drug-likeness (QED) is 0.741. The van der Waals surface area contributed by atoms with E-state index in [1.165, 1.54) is 12.1 Å². The molecule has 4 heteroatoms. The lowest BCUT2D eigenvalue weighted by Crippen LogP contribution is -2.35. The van der Waals surface area contributed by atoms with Crippen molar-refractivity contribution in [2.45, 2.75) is 37.9 Å². The molecule has 19 heavy (non-hydrogen) atoms. The molecule has 0 bridgehead atoms. The SMILES string of the molecule is CCC(C#N)(CC)C(=O)C(Br)Cc1ccc(F)cc1. The zero-order chi connectivity index (χ0) is 14.5. The molecule has 1 rings (SSSR count). The number of Topliss-reactive ketones (excluding diaryl/α,β-unsaturated/α-hetero) is 1. The average molecular weight is 326 g/mol. The molecule has 102 valence electrons. The van der Waals surface area contributed by atoms with Gasteiger partial charge >= 0.3 is 0 Å². The lowest BCUT2D eigenvalue weighted by Gasteiger charge is -2.24. The van der Waals surface area contributed by atoms with Gasteiger partial charge in [0.2, 0.25) is 0 Å². The molecule has 0 spiro atoms. The molecule has 1 atom stereocenters. The minimum absolute atomic E-state index is 0.0932. The average Bonchev–Trinajstić information content (AvgIpc) is 2.43. The van der Waals surface area contributed by atoms with E-state index in [9.17, 15) is 14.4 Å². The zero-order valence-corrected chi connectivity index (χ0v) is 12.7. The van der Waals surface area contributed by atoms with Crippen LogP contribution >= 0.6 is 15.9 Å². The molecule has 0 amide bonds. The van der Waals surface area contributed by atoms with Crippen LogP contribution in [0.1, 0.15) is 32.3 Å². The second-order valence-corrected chi connectivity index (χ2v) is 5.67. The number of hydrogen-bond donors (Lipinski definition) is 0. The molecule has 0 aliphatic rings. The fourth-order valence-corrected chi connectivity index (χ4v) is 2.84. The molecule has 0 radical (unpaired) electrons. The molecule has 2 nitrogen and oxygen atoms in total. The Morgan fingerprint density at radius 3 is 2.32 bits per heavy atom. The first-order chi connectivity index (χ1) is 8.99. The summed E-state index contributed by atoms with van der Waals surface area (Å²) in [6.07, 6.45) is 1.47. The van der Waals surface area contributed by atoms with E-state index < -0.39 is 10.2 Å². The van der Waals surface area contributed by atoms with Gasteiger partial charge in [-0.25, -0.2) is 4.39 Å². The van der Waals surface area contributed by atoms with Crippen molar-refractivity contribution < 1.29 is 9.18 Å².